The molecule has 0 saturated carbocycles. The number of halogens is 5. The van der Waals surface area contributed by atoms with Gasteiger partial charge in [-0.1, -0.05) is 6.07 Å². The van der Waals surface area contributed by atoms with E-state index in [4.69, 9.17) is 4.74 Å². The Balaban J connectivity index is 2.09. The largest absolute Gasteiger partial charge is 0.744 e. The zero-order valence-corrected chi connectivity index (χ0v) is 16.9. The van der Waals surface area contributed by atoms with Gasteiger partial charge in [0.15, 0.2) is 11.6 Å². The molecule has 7 nitrogen and oxygen atoms in total. The van der Waals surface area contributed by atoms with Crippen molar-refractivity contribution in [2.75, 3.05) is 6.61 Å². The summed E-state index contributed by atoms with van der Waals surface area (Å²) in [7, 11) is -5.89. The highest BCUT2D eigenvalue weighted by atomic mass is 127. The third kappa shape index (κ3) is 5.42. The molecule has 29 heavy (non-hydrogen) atoms. The molecule has 0 radical (unpaired) electrons. The molecule has 13 heteroatoms. The number of hydrogen-bond donors (Lipinski definition) is 0. The molecule has 0 aliphatic rings. The van der Waals surface area contributed by atoms with Crippen molar-refractivity contribution in [2.24, 2.45) is 0 Å². The highest BCUT2D eigenvalue weighted by molar-refractivity contribution is 14.1. The molecule has 0 aliphatic heterocycles. The molecule has 2 aromatic carbocycles. The van der Waals surface area contributed by atoms with Crippen molar-refractivity contribution < 1.29 is 49.6 Å². The molecule has 0 unspecified atom stereocenters. The highest BCUT2D eigenvalue weighted by Crippen LogP contribution is 2.32. The van der Waals surface area contributed by atoms with Gasteiger partial charge in [0.25, 0.3) is 0 Å². The van der Waals surface area contributed by atoms with Gasteiger partial charge in [-0.05, 0) is 40.8 Å². The van der Waals surface area contributed by atoms with Crippen LogP contribution in [0, 0.1) is 26.8 Å². The molecule has 0 aliphatic carbocycles. The van der Waals surface area contributed by atoms with E-state index >= 15 is 0 Å². The van der Waals surface area contributed by atoms with E-state index in [9.17, 15) is 40.1 Å². The van der Waals surface area contributed by atoms with Crippen LogP contribution < -0.4 is 4.74 Å². The molecular formula is C16H8F4IO7S-. The second-order valence-electron chi connectivity index (χ2n) is 5.24. The Hall–Kier alpha value is -2.26. The first-order valence-corrected chi connectivity index (χ1v) is 9.87. The van der Waals surface area contributed by atoms with E-state index in [1.807, 2.05) is 22.6 Å². The van der Waals surface area contributed by atoms with Crippen LogP contribution in [0.2, 0.25) is 0 Å². The number of benzene rings is 2. The summed E-state index contributed by atoms with van der Waals surface area (Å²) >= 11 is 1.95. The summed E-state index contributed by atoms with van der Waals surface area (Å²) in [6, 6.07) is 6.21. The van der Waals surface area contributed by atoms with E-state index in [1.54, 1.807) is 12.1 Å². The van der Waals surface area contributed by atoms with Crippen molar-refractivity contribution in [3.05, 3.63) is 56.7 Å². The summed E-state index contributed by atoms with van der Waals surface area (Å²) in [6.07, 6.45) is -0.751. The molecule has 156 valence electrons. The number of carbonyl (C=O) groups is 2. The Bertz CT molecular complexity index is 1060. The third-order valence-electron chi connectivity index (χ3n) is 3.25. The molecule has 0 bridgehead atoms. The van der Waals surface area contributed by atoms with Crippen LogP contribution in [0.15, 0.2) is 29.2 Å². The Morgan fingerprint density at radius 3 is 2.14 bits per heavy atom. The van der Waals surface area contributed by atoms with Crippen molar-refractivity contribution in [3.8, 4) is 5.75 Å². The Morgan fingerprint density at radius 1 is 1.03 bits per heavy atom. The van der Waals surface area contributed by atoms with Crippen LogP contribution in [-0.4, -0.2) is 31.5 Å². The van der Waals surface area contributed by atoms with Gasteiger partial charge in [-0.2, -0.15) is 8.78 Å². The number of hydrogen-bond acceptors (Lipinski definition) is 7. The van der Waals surface area contributed by atoms with Crippen LogP contribution in [0.25, 0.3) is 0 Å². The van der Waals surface area contributed by atoms with Crippen molar-refractivity contribution in [3.63, 3.8) is 0 Å². The van der Waals surface area contributed by atoms with Gasteiger partial charge in [0.2, 0.25) is 17.4 Å². The second kappa shape index (κ2) is 9.04. The maximum atomic E-state index is 13.8. The minimum Gasteiger partial charge on any atom is -0.744 e. The third-order valence-corrected chi connectivity index (χ3v) is 4.78. The van der Waals surface area contributed by atoms with Crippen molar-refractivity contribution in [1.29, 1.82) is 0 Å². The quantitative estimate of drug-likeness (QED) is 0.137. The highest BCUT2D eigenvalue weighted by Gasteiger charge is 2.31. The first kappa shape index (κ1) is 23.0. The SMILES string of the molecule is O=C(CCOC(=O)c1cccc(I)c1)Oc1c(F)c(F)c(S(=O)(=O)[O-])c(F)c1F. The monoisotopic (exact) mass is 547 g/mol. The van der Waals surface area contributed by atoms with E-state index < -0.39 is 69.0 Å². The van der Waals surface area contributed by atoms with E-state index in [-0.39, 0.29) is 5.56 Å². The van der Waals surface area contributed by atoms with E-state index in [2.05, 4.69) is 4.74 Å². The van der Waals surface area contributed by atoms with Crippen LogP contribution in [0.1, 0.15) is 16.8 Å². The molecule has 2 aromatic rings. The van der Waals surface area contributed by atoms with E-state index in [0.29, 0.717) is 0 Å². The topological polar surface area (TPSA) is 110 Å². The van der Waals surface area contributed by atoms with Crippen LogP contribution >= 0.6 is 22.6 Å². The van der Waals surface area contributed by atoms with E-state index in [0.717, 1.165) is 3.57 Å². The fraction of sp³-hybridized carbons (Fsp3) is 0.125. The zero-order chi connectivity index (χ0) is 21.9. The lowest BCUT2D eigenvalue weighted by molar-refractivity contribution is -0.135. The molecule has 0 amide bonds. The average Bonchev–Trinajstić information content (AvgIpc) is 2.62. The standard InChI is InChI=1S/C16H9F4IO7S/c17-10-12(19)15(29(24,25)26)13(20)11(18)14(10)28-9(22)4-5-27-16(23)7-2-1-3-8(21)6-7/h1-3,6H,4-5H2,(H,24,25,26)/p-1. The van der Waals surface area contributed by atoms with Crippen LogP contribution in [-0.2, 0) is 19.6 Å². The summed E-state index contributed by atoms with van der Waals surface area (Å²) in [5, 5.41) is 0. The van der Waals surface area contributed by atoms with Gasteiger partial charge in [-0.3, -0.25) is 4.79 Å². The molecule has 0 fully saturated rings. The average molecular weight is 547 g/mol. The summed E-state index contributed by atoms with van der Waals surface area (Å²) in [4.78, 5) is 21.0. The lowest BCUT2D eigenvalue weighted by Crippen LogP contribution is -2.18. The number of ether oxygens (including phenoxy) is 2. The predicted molar refractivity (Wildman–Crippen MR) is 93.9 cm³/mol. The Labute approximate surface area is 174 Å². The van der Waals surface area contributed by atoms with Crippen molar-refractivity contribution in [1.82, 2.24) is 0 Å². The lowest BCUT2D eigenvalue weighted by Gasteiger charge is -2.14. The first-order chi connectivity index (χ1) is 13.4. The molecule has 0 N–H and O–H groups in total. The number of rotatable bonds is 6. The second-order valence-corrected chi connectivity index (χ2v) is 7.80. The molecule has 2 rings (SSSR count). The minimum absolute atomic E-state index is 0.168. The number of carbonyl (C=O) groups excluding carboxylic acids is 2. The maximum Gasteiger partial charge on any atom is 0.338 e. The molecular weight excluding hydrogens is 539 g/mol. The van der Waals surface area contributed by atoms with Gasteiger partial charge in [0.1, 0.15) is 21.6 Å². The molecule has 0 atom stereocenters. The first-order valence-electron chi connectivity index (χ1n) is 7.38. The molecule has 0 aromatic heterocycles. The van der Waals surface area contributed by atoms with Crippen molar-refractivity contribution in [2.45, 2.75) is 11.3 Å². The molecule has 0 saturated heterocycles. The fourth-order valence-corrected chi connectivity index (χ4v) is 3.15. The minimum atomic E-state index is -5.89. The van der Waals surface area contributed by atoms with Gasteiger partial charge < -0.3 is 14.0 Å². The van der Waals surface area contributed by atoms with Gasteiger partial charge in [0.05, 0.1) is 12.0 Å². The number of esters is 2. The van der Waals surface area contributed by atoms with Gasteiger partial charge in [-0.15, -0.1) is 0 Å². The summed E-state index contributed by atoms with van der Waals surface area (Å²) in [5.74, 6) is -14.0. The van der Waals surface area contributed by atoms with Crippen LogP contribution in [0.4, 0.5) is 17.6 Å². The predicted octanol–water partition coefficient (Wildman–Crippen LogP) is 2.90. The van der Waals surface area contributed by atoms with Gasteiger partial charge in [0, 0.05) is 3.57 Å². The zero-order valence-electron chi connectivity index (χ0n) is 13.9. The lowest BCUT2D eigenvalue weighted by atomic mass is 10.2. The van der Waals surface area contributed by atoms with Gasteiger partial charge >= 0.3 is 11.9 Å². The normalized spacial score (nSPS) is 11.2. The fourth-order valence-electron chi connectivity index (χ4n) is 1.99. The van der Waals surface area contributed by atoms with E-state index in [1.165, 1.54) is 12.1 Å². The Kier molecular flexibility index (Phi) is 7.18. The summed E-state index contributed by atoms with van der Waals surface area (Å²) in [6.45, 7) is -0.593. The van der Waals surface area contributed by atoms with Crippen LogP contribution in [0.5, 0.6) is 5.75 Å². The molecule has 0 spiro atoms. The summed E-state index contributed by atoms with van der Waals surface area (Å²) in [5.41, 5.74) is 0.168. The van der Waals surface area contributed by atoms with Crippen molar-refractivity contribution >= 4 is 44.6 Å². The maximum absolute atomic E-state index is 13.8. The van der Waals surface area contributed by atoms with Gasteiger partial charge in [-0.25, -0.2) is 22.0 Å². The Morgan fingerprint density at radius 2 is 1.62 bits per heavy atom. The smallest absolute Gasteiger partial charge is 0.338 e. The molecule has 0 heterocycles. The summed E-state index contributed by atoms with van der Waals surface area (Å²) < 4.78 is 96.6. The van der Waals surface area contributed by atoms with Crippen LogP contribution in [0.3, 0.4) is 0 Å².